The van der Waals surface area contributed by atoms with E-state index >= 15 is 0 Å². The standard InChI is InChI=1S/C14H18N4O3.ClH/c19-12-5-8-18(14(21)17-12)11-2-1-10(13(20)16-11)9-3-6-15-7-4-9;/h1-2,9,15H,3-8H2,(H,16,20)(H,17,19,21);1H. The number of halogens is 1. The number of amides is 3. The molecule has 2 saturated heterocycles. The summed E-state index contributed by atoms with van der Waals surface area (Å²) in [6, 6.07) is 3.05. The van der Waals surface area contributed by atoms with Gasteiger partial charge in [0.05, 0.1) is 0 Å². The van der Waals surface area contributed by atoms with Crippen LogP contribution in [0.15, 0.2) is 16.9 Å². The van der Waals surface area contributed by atoms with Gasteiger partial charge >= 0.3 is 6.03 Å². The molecule has 0 radical (unpaired) electrons. The third-order valence-corrected chi connectivity index (χ3v) is 4.05. The molecule has 3 N–H and O–H groups in total. The molecule has 2 fully saturated rings. The zero-order valence-electron chi connectivity index (χ0n) is 12.1. The van der Waals surface area contributed by atoms with Gasteiger partial charge in [0, 0.05) is 18.5 Å². The number of anilines is 1. The van der Waals surface area contributed by atoms with Crippen LogP contribution >= 0.6 is 12.4 Å². The molecule has 2 aliphatic rings. The van der Waals surface area contributed by atoms with E-state index in [-0.39, 0.29) is 42.8 Å². The van der Waals surface area contributed by atoms with Crippen LogP contribution in [0.25, 0.3) is 0 Å². The van der Waals surface area contributed by atoms with E-state index in [1.165, 1.54) is 4.90 Å². The minimum atomic E-state index is -0.489. The van der Waals surface area contributed by atoms with E-state index in [1.54, 1.807) is 12.1 Å². The summed E-state index contributed by atoms with van der Waals surface area (Å²) in [5, 5.41) is 5.51. The number of hydrogen-bond acceptors (Lipinski definition) is 4. The summed E-state index contributed by atoms with van der Waals surface area (Å²) >= 11 is 0. The molecule has 3 heterocycles. The van der Waals surface area contributed by atoms with Crippen molar-refractivity contribution in [2.24, 2.45) is 0 Å². The van der Waals surface area contributed by atoms with Gasteiger partial charge in [-0.2, -0.15) is 0 Å². The van der Waals surface area contributed by atoms with Crippen LogP contribution in [-0.4, -0.2) is 36.6 Å². The SMILES string of the molecule is Cl.O=C1CCN(c2ccc(C3CCNCC3)c(=O)[nH]2)C(=O)N1. The number of aromatic amines is 1. The van der Waals surface area contributed by atoms with E-state index in [4.69, 9.17) is 0 Å². The van der Waals surface area contributed by atoms with Crippen molar-refractivity contribution in [1.82, 2.24) is 15.6 Å². The Labute approximate surface area is 133 Å². The second-order valence-corrected chi connectivity index (χ2v) is 5.41. The molecule has 0 bridgehead atoms. The first-order valence-electron chi connectivity index (χ1n) is 7.20. The molecular formula is C14H19ClN4O3. The lowest BCUT2D eigenvalue weighted by Gasteiger charge is -2.27. The first-order chi connectivity index (χ1) is 10.1. The Morgan fingerprint density at radius 2 is 1.82 bits per heavy atom. The number of aromatic nitrogens is 1. The highest BCUT2D eigenvalue weighted by Gasteiger charge is 2.25. The van der Waals surface area contributed by atoms with Gasteiger partial charge in [-0.15, -0.1) is 12.4 Å². The van der Waals surface area contributed by atoms with Gasteiger partial charge in [-0.05, 0) is 44.0 Å². The number of imide groups is 1. The number of H-pyrrole nitrogens is 1. The fourth-order valence-electron chi connectivity index (χ4n) is 2.88. The Balaban J connectivity index is 0.00000176. The van der Waals surface area contributed by atoms with Gasteiger partial charge in [0.2, 0.25) is 5.91 Å². The van der Waals surface area contributed by atoms with Gasteiger partial charge in [-0.25, -0.2) is 4.79 Å². The minimum Gasteiger partial charge on any atom is -0.317 e. The van der Waals surface area contributed by atoms with E-state index in [9.17, 15) is 14.4 Å². The first-order valence-corrected chi connectivity index (χ1v) is 7.20. The number of rotatable bonds is 2. The van der Waals surface area contributed by atoms with Crippen molar-refractivity contribution in [3.05, 3.63) is 28.0 Å². The van der Waals surface area contributed by atoms with Gasteiger partial charge in [0.25, 0.3) is 5.56 Å². The molecule has 0 spiro atoms. The van der Waals surface area contributed by atoms with Crippen LogP contribution in [0.2, 0.25) is 0 Å². The zero-order valence-corrected chi connectivity index (χ0v) is 12.9. The predicted molar refractivity (Wildman–Crippen MR) is 84.7 cm³/mol. The Bertz CT molecular complexity index is 625. The molecule has 0 saturated carbocycles. The molecule has 120 valence electrons. The third-order valence-electron chi connectivity index (χ3n) is 4.05. The van der Waals surface area contributed by atoms with E-state index in [0.29, 0.717) is 5.82 Å². The Morgan fingerprint density at radius 1 is 1.09 bits per heavy atom. The second-order valence-electron chi connectivity index (χ2n) is 5.41. The molecule has 1 aromatic heterocycles. The monoisotopic (exact) mass is 326 g/mol. The molecule has 0 unspecified atom stereocenters. The summed E-state index contributed by atoms with van der Waals surface area (Å²) in [5.74, 6) is 0.411. The average molecular weight is 327 g/mol. The number of urea groups is 1. The van der Waals surface area contributed by atoms with Crippen LogP contribution in [-0.2, 0) is 4.79 Å². The fraction of sp³-hybridized carbons (Fsp3) is 0.500. The number of carbonyl (C=O) groups is 2. The van der Waals surface area contributed by atoms with E-state index < -0.39 is 6.03 Å². The molecule has 3 rings (SSSR count). The lowest BCUT2D eigenvalue weighted by atomic mass is 9.91. The van der Waals surface area contributed by atoms with Crippen LogP contribution in [0, 0.1) is 0 Å². The lowest BCUT2D eigenvalue weighted by Crippen LogP contribution is -2.50. The molecule has 8 heteroatoms. The summed E-state index contributed by atoms with van der Waals surface area (Å²) in [6.45, 7) is 2.12. The molecule has 0 atom stereocenters. The minimum absolute atomic E-state index is 0. The quantitative estimate of drug-likeness (QED) is 0.746. The molecule has 1 aromatic rings. The topological polar surface area (TPSA) is 94.3 Å². The third kappa shape index (κ3) is 3.31. The lowest BCUT2D eigenvalue weighted by molar-refractivity contribution is -0.120. The molecule has 3 amide bonds. The number of carbonyl (C=O) groups excluding carboxylic acids is 2. The largest absolute Gasteiger partial charge is 0.329 e. The van der Waals surface area contributed by atoms with Crippen LogP contribution in [0.5, 0.6) is 0 Å². The zero-order chi connectivity index (χ0) is 14.8. The number of hydrogen-bond donors (Lipinski definition) is 3. The van der Waals surface area contributed by atoms with E-state index in [2.05, 4.69) is 15.6 Å². The maximum atomic E-state index is 12.3. The highest BCUT2D eigenvalue weighted by atomic mass is 35.5. The predicted octanol–water partition coefficient (Wildman–Crippen LogP) is 0.710. The van der Waals surface area contributed by atoms with Crippen molar-refractivity contribution in [2.75, 3.05) is 24.5 Å². The van der Waals surface area contributed by atoms with Crippen molar-refractivity contribution in [3.63, 3.8) is 0 Å². The van der Waals surface area contributed by atoms with Gasteiger partial charge < -0.3 is 10.3 Å². The highest BCUT2D eigenvalue weighted by Crippen LogP contribution is 2.23. The van der Waals surface area contributed by atoms with Crippen LogP contribution in [0.3, 0.4) is 0 Å². The molecular weight excluding hydrogens is 308 g/mol. The van der Waals surface area contributed by atoms with Crippen molar-refractivity contribution in [2.45, 2.75) is 25.2 Å². The molecule has 0 aliphatic carbocycles. The van der Waals surface area contributed by atoms with Crippen molar-refractivity contribution < 1.29 is 9.59 Å². The maximum Gasteiger partial charge on any atom is 0.329 e. The van der Waals surface area contributed by atoms with Crippen LogP contribution in [0.1, 0.15) is 30.7 Å². The van der Waals surface area contributed by atoms with Crippen LogP contribution in [0.4, 0.5) is 10.6 Å². The molecule has 0 aromatic carbocycles. The first kappa shape index (κ1) is 16.5. The Hall–Kier alpha value is -1.86. The summed E-state index contributed by atoms with van der Waals surface area (Å²) in [7, 11) is 0. The van der Waals surface area contributed by atoms with E-state index in [0.717, 1.165) is 31.5 Å². The van der Waals surface area contributed by atoms with Gasteiger partial charge in [0.1, 0.15) is 5.82 Å². The second kappa shape index (κ2) is 6.93. The van der Waals surface area contributed by atoms with Gasteiger partial charge in [0.15, 0.2) is 0 Å². The number of nitrogens with zero attached hydrogens (tertiary/aromatic N) is 1. The Morgan fingerprint density at radius 3 is 2.45 bits per heavy atom. The highest BCUT2D eigenvalue weighted by molar-refractivity contribution is 6.05. The molecule has 2 aliphatic heterocycles. The number of nitrogens with one attached hydrogen (secondary N) is 3. The normalized spacial score (nSPS) is 19.5. The summed E-state index contributed by atoms with van der Waals surface area (Å²) < 4.78 is 0. The van der Waals surface area contributed by atoms with Crippen molar-refractivity contribution >= 4 is 30.2 Å². The van der Waals surface area contributed by atoms with Crippen LogP contribution < -0.4 is 21.1 Å². The van der Waals surface area contributed by atoms with Crippen molar-refractivity contribution in [1.29, 1.82) is 0 Å². The number of pyridine rings is 1. The summed E-state index contributed by atoms with van der Waals surface area (Å²) in [5.41, 5.74) is 0.623. The summed E-state index contributed by atoms with van der Waals surface area (Å²) in [6.07, 6.45) is 2.13. The van der Waals surface area contributed by atoms with Gasteiger partial charge in [-0.3, -0.25) is 19.8 Å². The summed E-state index contributed by atoms with van der Waals surface area (Å²) in [4.78, 5) is 39.3. The van der Waals surface area contributed by atoms with E-state index in [1.807, 2.05) is 0 Å². The fourth-order valence-corrected chi connectivity index (χ4v) is 2.88. The average Bonchev–Trinajstić information content (AvgIpc) is 2.48. The molecule has 7 nitrogen and oxygen atoms in total. The molecule has 22 heavy (non-hydrogen) atoms. The maximum absolute atomic E-state index is 12.3. The van der Waals surface area contributed by atoms with Crippen molar-refractivity contribution in [3.8, 4) is 0 Å². The van der Waals surface area contributed by atoms with Gasteiger partial charge in [-0.1, -0.05) is 0 Å². The number of piperidine rings is 1. The Kier molecular flexibility index (Phi) is 5.20. The smallest absolute Gasteiger partial charge is 0.317 e.